The van der Waals surface area contributed by atoms with Gasteiger partial charge >= 0.3 is 0 Å². The molecule has 0 atom stereocenters. The van der Waals surface area contributed by atoms with Gasteiger partial charge in [0.15, 0.2) is 0 Å². The first-order valence-electron chi connectivity index (χ1n) is 5.85. The van der Waals surface area contributed by atoms with Crippen LogP contribution in [0.1, 0.15) is 25.5 Å². The van der Waals surface area contributed by atoms with Crippen molar-refractivity contribution in [2.24, 2.45) is 7.05 Å². The van der Waals surface area contributed by atoms with Crippen LogP contribution in [0.3, 0.4) is 0 Å². The highest BCUT2D eigenvalue weighted by molar-refractivity contribution is 6.34. The van der Waals surface area contributed by atoms with E-state index in [1.165, 1.54) is 0 Å². The molecule has 0 saturated heterocycles. The van der Waals surface area contributed by atoms with Gasteiger partial charge in [-0.25, -0.2) is 4.68 Å². The van der Waals surface area contributed by atoms with Gasteiger partial charge in [0.1, 0.15) is 11.4 Å². The Bertz CT molecular complexity index is 608. The van der Waals surface area contributed by atoms with Gasteiger partial charge in [0.2, 0.25) is 5.88 Å². The second-order valence-corrected chi connectivity index (χ2v) is 5.40. The molecule has 0 aliphatic rings. The lowest BCUT2D eigenvalue weighted by molar-refractivity contribution is 0.432. The van der Waals surface area contributed by atoms with Crippen LogP contribution in [0.2, 0.25) is 10.0 Å². The van der Waals surface area contributed by atoms with Crippen molar-refractivity contribution in [1.82, 2.24) is 9.78 Å². The molecule has 19 heavy (non-hydrogen) atoms. The van der Waals surface area contributed by atoms with Crippen molar-refractivity contribution >= 4 is 28.9 Å². The van der Waals surface area contributed by atoms with Gasteiger partial charge in [-0.2, -0.15) is 5.10 Å². The minimum Gasteiger partial charge on any atom is -0.436 e. The summed E-state index contributed by atoms with van der Waals surface area (Å²) in [6.45, 7) is 4.05. The van der Waals surface area contributed by atoms with Gasteiger partial charge in [-0.15, -0.1) is 0 Å². The Morgan fingerprint density at radius 1 is 1.32 bits per heavy atom. The number of nitrogen functional groups attached to an aromatic ring is 1. The maximum absolute atomic E-state index is 6.07. The van der Waals surface area contributed by atoms with Crippen LogP contribution in [0.4, 0.5) is 5.69 Å². The molecular weight excluding hydrogens is 285 g/mol. The van der Waals surface area contributed by atoms with Gasteiger partial charge in [-0.1, -0.05) is 37.0 Å². The molecule has 0 unspecified atom stereocenters. The first-order chi connectivity index (χ1) is 8.90. The Labute approximate surface area is 122 Å². The molecule has 1 aromatic heterocycles. The summed E-state index contributed by atoms with van der Waals surface area (Å²) >= 11 is 12.0. The van der Waals surface area contributed by atoms with Gasteiger partial charge in [0, 0.05) is 18.1 Å². The molecule has 0 saturated carbocycles. The smallest absolute Gasteiger partial charge is 0.241 e. The average Bonchev–Trinajstić information content (AvgIpc) is 2.62. The molecule has 2 rings (SSSR count). The number of benzene rings is 1. The summed E-state index contributed by atoms with van der Waals surface area (Å²) in [5, 5.41) is 5.36. The molecule has 2 N–H and O–H groups in total. The molecule has 2 aromatic rings. The van der Waals surface area contributed by atoms with Crippen LogP contribution in [0.15, 0.2) is 18.2 Å². The van der Waals surface area contributed by atoms with Crippen molar-refractivity contribution in [3.8, 4) is 11.6 Å². The zero-order chi connectivity index (χ0) is 14.2. The lowest BCUT2D eigenvalue weighted by Gasteiger charge is -2.08. The van der Waals surface area contributed by atoms with E-state index in [-0.39, 0.29) is 5.92 Å². The number of anilines is 1. The number of hydrogen-bond donors (Lipinski definition) is 1. The standard InChI is InChI=1S/C13H15Cl2N3O/c1-7(2)12-11(16)13(18(3)17-12)19-10-6-8(14)4-5-9(10)15/h4-7H,16H2,1-3H3. The zero-order valence-electron chi connectivity index (χ0n) is 10.9. The number of nitrogens with two attached hydrogens (primary N) is 1. The van der Waals surface area contributed by atoms with Crippen molar-refractivity contribution in [2.45, 2.75) is 19.8 Å². The molecule has 0 aliphatic heterocycles. The first-order valence-corrected chi connectivity index (χ1v) is 6.61. The van der Waals surface area contributed by atoms with Crippen LogP contribution < -0.4 is 10.5 Å². The lowest BCUT2D eigenvalue weighted by Crippen LogP contribution is -1.97. The van der Waals surface area contributed by atoms with Gasteiger partial charge in [0.05, 0.1) is 10.7 Å². The van der Waals surface area contributed by atoms with E-state index in [2.05, 4.69) is 5.10 Å². The van der Waals surface area contributed by atoms with Gasteiger partial charge in [-0.05, 0) is 18.1 Å². The SMILES string of the molecule is CC(C)c1nn(C)c(Oc2cc(Cl)ccc2Cl)c1N. The minimum absolute atomic E-state index is 0.221. The molecule has 1 aromatic carbocycles. The maximum Gasteiger partial charge on any atom is 0.241 e. The second-order valence-electron chi connectivity index (χ2n) is 4.56. The van der Waals surface area contributed by atoms with Gasteiger partial charge in [-0.3, -0.25) is 0 Å². The van der Waals surface area contributed by atoms with E-state index in [0.29, 0.717) is 27.4 Å². The third kappa shape index (κ3) is 2.80. The summed E-state index contributed by atoms with van der Waals surface area (Å²) in [6, 6.07) is 5.02. The highest BCUT2D eigenvalue weighted by atomic mass is 35.5. The van der Waals surface area contributed by atoms with Crippen LogP contribution in [0.25, 0.3) is 0 Å². The van der Waals surface area contributed by atoms with E-state index in [1.807, 2.05) is 13.8 Å². The third-order valence-electron chi connectivity index (χ3n) is 2.70. The lowest BCUT2D eigenvalue weighted by atomic mass is 10.1. The highest BCUT2D eigenvalue weighted by Crippen LogP contribution is 2.36. The van der Waals surface area contributed by atoms with Crippen LogP contribution in [-0.2, 0) is 7.05 Å². The Morgan fingerprint density at radius 3 is 2.58 bits per heavy atom. The third-order valence-corrected chi connectivity index (χ3v) is 3.25. The number of hydrogen-bond acceptors (Lipinski definition) is 3. The van der Waals surface area contributed by atoms with Crippen molar-refractivity contribution in [3.63, 3.8) is 0 Å². The van der Waals surface area contributed by atoms with E-state index < -0.39 is 0 Å². The van der Waals surface area contributed by atoms with E-state index >= 15 is 0 Å². The van der Waals surface area contributed by atoms with Crippen LogP contribution >= 0.6 is 23.2 Å². The summed E-state index contributed by atoms with van der Waals surface area (Å²) in [5.74, 6) is 1.14. The molecule has 0 radical (unpaired) electrons. The molecule has 1 heterocycles. The van der Waals surface area contributed by atoms with Crippen LogP contribution in [0.5, 0.6) is 11.6 Å². The molecule has 0 bridgehead atoms. The summed E-state index contributed by atoms with van der Waals surface area (Å²) in [4.78, 5) is 0. The van der Waals surface area contributed by atoms with E-state index in [4.69, 9.17) is 33.7 Å². The number of aryl methyl sites for hydroxylation is 1. The van der Waals surface area contributed by atoms with Gasteiger partial charge < -0.3 is 10.5 Å². The Kier molecular flexibility index (Phi) is 3.92. The fraction of sp³-hybridized carbons (Fsp3) is 0.308. The monoisotopic (exact) mass is 299 g/mol. The molecular formula is C13H15Cl2N3O. The summed E-state index contributed by atoms with van der Waals surface area (Å²) < 4.78 is 7.34. The molecule has 0 fully saturated rings. The van der Waals surface area contributed by atoms with Crippen molar-refractivity contribution in [3.05, 3.63) is 33.9 Å². The van der Waals surface area contributed by atoms with Crippen LogP contribution in [-0.4, -0.2) is 9.78 Å². The minimum atomic E-state index is 0.221. The van der Waals surface area contributed by atoms with E-state index in [1.54, 1.807) is 29.9 Å². The Morgan fingerprint density at radius 2 is 2.00 bits per heavy atom. The van der Waals surface area contributed by atoms with E-state index in [9.17, 15) is 0 Å². The fourth-order valence-electron chi connectivity index (χ4n) is 1.75. The summed E-state index contributed by atoms with van der Waals surface area (Å²) in [5.41, 5.74) is 7.38. The predicted molar refractivity (Wildman–Crippen MR) is 78.2 cm³/mol. The van der Waals surface area contributed by atoms with Gasteiger partial charge in [0.25, 0.3) is 0 Å². The zero-order valence-corrected chi connectivity index (χ0v) is 12.5. The van der Waals surface area contributed by atoms with Crippen molar-refractivity contribution < 1.29 is 4.74 Å². The van der Waals surface area contributed by atoms with E-state index in [0.717, 1.165) is 5.69 Å². The largest absolute Gasteiger partial charge is 0.436 e. The molecule has 0 aliphatic carbocycles. The number of halogens is 2. The average molecular weight is 300 g/mol. The Balaban J connectivity index is 2.41. The first kappa shape index (κ1) is 14.0. The number of aromatic nitrogens is 2. The number of ether oxygens (including phenoxy) is 1. The normalized spacial score (nSPS) is 11.1. The molecule has 102 valence electrons. The number of nitrogens with zero attached hydrogens (tertiary/aromatic N) is 2. The highest BCUT2D eigenvalue weighted by Gasteiger charge is 2.18. The predicted octanol–water partition coefficient (Wildman–Crippen LogP) is 4.22. The summed E-state index contributed by atoms with van der Waals surface area (Å²) in [6.07, 6.45) is 0. The van der Waals surface area contributed by atoms with Crippen molar-refractivity contribution in [2.75, 3.05) is 5.73 Å². The number of rotatable bonds is 3. The van der Waals surface area contributed by atoms with Crippen LogP contribution in [0, 0.1) is 0 Å². The molecule has 4 nitrogen and oxygen atoms in total. The maximum atomic E-state index is 6.07. The quantitative estimate of drug-likeness (QED) is 0.923. The Hall–Kier alpha value is -1.39. The molecule has 0 spiro atoms. The van der Waals surface area contributed by atoms with Crippen molar-refractivity contribution in [1.29, 1.82) is 0 Å². The fourth-order valence-corrected chi connectivity index (χ4v) is 2.07. The summed E-state index contributed by atoms with van der Waals surface area (Å²) in [7, 11) is 1.77. The second kappa shape index (κ2) is 5.31. The molecule has 0 amide bonds. The molecule has 6 heteroatoms. The topological polar surface area (TPSA) is 53.1 Å².